The van der Waals surface area contributed by atoms with E-state index < -0.39 is 17.6 Å². The van der Waals surface area contributed by atoms with E-state index >= 15 is 0 Å². The third-order valence-corrected chi connectivity index (χ3v) is 3.48. The van der Waals surface area contributed by atoms with E-state index in [9.17, 15) is 17.6 Å². The Morgan fingerprint density at radius 2 is 1.81 bits per heavy atom. The van der Waals surface area contributed by atoms with Gasteiger partial charge in [0.15, 0.2) is 0 Å². The van der Waals surface area contributed by atoms with Crippen LogP contribution < -0.4 is 4.74 Å². The summed E-state index contributed by atoms with van der Waals surface area (Å²) in [5.41, 5.74) is -0.0902. The van der Waals surface area contributed by atoms with E-state index in [1.54, 1.807) is 6.92 Å². The molecule has 0 fully saturated rings. The maximum atomic E-state index is 13.7. The van der Waals surface area contributed by atoms with E-state index in [-0.39, 0.29) is 17.2 Å². The Kier molecular flexibility index (Phi) is 3.15. The Hall–Kier alpha value is -2.04. The summed E-state index contributed by atoms with van der Waals surface area (Å²) in [4.78, 5) is 0. The first-order valence-electron chi connectivity index (χ1n) is 6.52. The normalized spacial score (nSPS) is 17.5. The van der Waals surface area contributed by atoms with E-state index in [0.717, 1.165) is 12.1 Å². The molecule has 3 rings (SSSR count). The molecule has 21 heavy (non-hydrogen) atoms. The lowest BCUT2D eigenvalue weighted by atomic mass is 9.96. The summed E-state index contributed by atoms with van der Waals surface area (Å²) < 4.78 is 58.7. The van der Waals surface area contributed by atoms with Gasteiger partial charge in [-0.3, -0.25) is 0 Å². The van der Waals surface area contributed by atoms with Gasteiger partial charge in [-0.05, 0) is 30.7 Å². The molecule has 0 aromatic heterocycles. The maximum Gasteiger partial charge on any atom is 0.417 e. The Morgan fingerprint density at radius 1 is 1.10 bits per heavy atom. The second kappa shape index (κ2) is 4.76. The molecule has 2 aromatic carbocycles. The lowest BCUT2D eigenvalue weighted by Crippen LogP contribution is -2.08. The van der Waals surface area contributed by atoms with E-state index in [1.165, 1.54) is 24.3 Å². The van der Waals surface area contributed by atoms with Gasteiger partial charge in [0.05, 0.1) is 5.56 Å². The van der Waals surface area contributed by atoms with Crippen molar-refractivity contribution in [3.8, 4) is 16.9 Å². The number of halogens is 4. The quantitative estimate of drug-likeness (QED) is 0.685. The number of hydrogen-bond donors (Lipinski definition) is 0. The molecule has 1 unspecified atom stereocenters. The predicted octanol–water partition coefficient (Wildman–Crippen LogP) is 4.83. The summed E-state index contributed by atoms with van der Waals surface area (Å²) in [6, 6.07) is 7.56. The number of benzene rings is 2. The first kappa shape index (κ1) is 13.9. The van der Waals surface area contributed by atoms with Crippen molar-refractivity contribution in [2.45, 2.75) is 25.6 Å². The molecule has 1 nitrogen and oxygen atoms in total. The molecule has 0 saturated carbocycles. The molecule has 0 spiro atoms. The van der Waals surface area contributed by atoms with E-state index in [4.69, 9.17) is 4.74 Å². The summed E-state index contributed by atoms with van der Waals surface area (Å²) in [7, 11) is 0. The lowest BCUT2D eigenvalue weighted by molar-refractivity contribution is -0.137. The Morgan fingerprint density at radius 3 is 2.52 bits per heavy atom. The molecule has 0 bridgehead atoms. The first-order valence-corrected chi connectivity index (χ1v) is 6.52. The largest absolute Gasteiger partial charge is 0.489 e. The van der Waals surface area contributed by atoms with E-state index in [1.807, 2.05) is 0 Å². The van der Waals surface area contributed by atoms with Crippen LogP contribution in [0.2, 0.25) is 0 Å². The van der Waals surface area contributed by atoms with Gasteiger partial charge < -0.3 is 4.74 Å². The van der Waals surface area contributed by atoms with Crippen LogP contribution in [0.25, 0.3) is 11.1 Å². The minimum absolute atomic E-state index is 0.0603. The molecule has 110 valence electrons. The summed E-state index contributed by atoms with van der Waals surface area (Å²) in [5.74, 6) is -0.209. The number of rotatable bonds is 1. The van der Waals surface area contributed by atoms with Crippen molar-refractivity contribution >= 4 is 0 Å². The molecule has 1 atom stereocenters. The van der Waals surface area contributed by atoms with E-state index in [2.05, 4.69) is 0 Å². The highest BCUT2D eigenvalue weighted by molar-refractivity contribution is 5.76. The summed E-state index contributed by atoms with van der Waals surface area (Å²) in [6.45, 7) is 1.80. The Bertz CT molecular complexity index is 691. The molecule has 2 aromatic rings. The first-order chi connectivity index (χ1) is 9.86. The van der Waals surface area contributed by atoms with Crippen LogP contribution in [0.5, 0.6) is 5.75 Å². The maximum absolute atomic E-state index is 13.7. The molecule has 0 amide bonds. The van der Waals surface area contributed by atoms with Crippen molar-refractivity contribution in [2.75, 3.05) is 0 Å². The second-order valence-electron chi connectivity index (χ2n) is 5.12. The van der Waals surface area contributed by atoms with Crippen LogP contribution in [0, 0.1) is 5.82 Å². The molecule has 0 saturated heterocycles. The molecular formula is C16H12F4O. The average Bonchev–Trinajstić information content (AvgIpc) is 2.77. The number of ether oxygens (including phenoxy) is 1. The van der Waals surface area contributed by atoms with Gasteiger partial charge in [-0.1, -0.05) is 18.2 Å². The molecule has 0 aliphatic carbocycles. The minimum Gasteiger partial charge on any atom is -0.489 e. The van der Waals surface area contributed by atoms with Gasteiger partial charge in [-0.15, -0.1) is 0 Å². The highest BCUT2D eigenvalue weighted by atomic mass is 19.4. The molecular weight excluding hydrogens is 284 g/mol. The van der Waals surface area contributed by atoms with Crippen LogP contribution in [0.3, 0.4) is 0 Å². The van der Waals surface area contributed by atoms with Crippen LogP contribution in [0.1, 0.15) is 18.1 Å². The molecule has 0 radical (unpaired) electrons. The fourth-order valence-corrected chi connectivity index (χ4v) is 2.66. The zero-order valence-electron chi connectivity index (χ0n) is 11.2. The minimum atomic E-state index is -4.50. The molecule has 1 aliphatic heterocycles. The fraction of sp³-hybridized carbons (Fsp3) is 0.250. The SMILES string of the molecule is CC1Cc2cc(F)cc(-c3ccccc3C(F)(F)F)c2O1. The Balaban J connectivity index is 2.24. The van der Waals surface area contributed by atoms with Crippen molar-refractivity contribution in [2.24, 2.45) is 0 Å². The monoisotopic (exact) mass is 296 g/mol. The third kappa shape index (κ3) is 2.48. The van der Waals surface area contributed by atoms with Crippen LogP contribution >= 0.6 is 0 Å². The second-order valence-corrected chi connectivity index (χ2v) is 5.12. The van der Waals surface area contributed by atoms with E-state index in [0.29, 0.717) is 17.7 Å². The van der Waals surface area contributed by atoms with Crippen molar-refractivity contribution < 1.29 is 22.3 Å². The average molecular weight is 296 g/mol. The zero-order chi connectivity index (χ0) is 15.2. The topological polar surface area (TPSA) is 9.23 Å². The van der Waals surface area contributed by atoms with Crippen molar-refractivity contribution in [1.82, 2.24) is 0 Å². The lowest BCUT2D eigenvalue weighted by Gasteiger charge is -2.15. The van der Waals surface area contributed by atoms with Gasteiger partial charge in [0.2, 0.25) is 0 Å². The van der Waals surface area contributed by atoms with Crippen LogP contribution in [0.15, 0.2) is 36.4 Å². The number of hydrogen-bond acceptors (Lipinski definition) is 1. The Labute approximate surface area is 119 Å². The standard InChI is InChI=1S/C16H12F4O/c1-9-6-10-7-11(17)8-13(15(10)21-9)12-4-2-3-5-14(12)16(18,19)20/h2-5,7-9H,6H2,1H3. The highest BCUT2D eigenvalue weighted by Gasteiger charge is 2.35. The van der Waals surface area contributed by atoms with Crippen molar-refractivity contribution in [3.05, 3.63) is 53.3 Å². The van der Waals surface area contributed by atoms with Crippen LogP contribution in [-0.2, 0) is 12.6 Å². The summed E-state index contributed by atoms with van der Waals surface area (Å²) in [6.07, 6.45) is -4.17. The summed E-state index contributed by atoms with van der Waals surface area (Å²) in [5, 5.41) is 0. The van der Waals surface area contributed by atoms with Crippen molar-refractivity contribution in [1.29, 1.82) is 0 Å². The molecule has 0 N–H and O–H groups in total. The number of alkyl halides is 3. The van der Waals surface area contributed by atoms with Gasteiger partial charge in [0.1, 0.15) is 17.7 Å². The predicted molar refractivity (Wildman–Crippen MR) is 70.6 cm³/mol. The van der Waals surface area contributed by atoms with Gasteiger partial charge in [0.25, 0.3) is 0 Å². The van der Waals surface area contributed by atoms with Gasteiger partial charge in [-0.2, -0.15) is 13.2 Å². The zero-order valence-corrected chi connectivity index (χ0v) is 11.2. The van der Waals surface area contributed by atoms with Gasteiger partial charge in [0, 0.05) is 17.5 Å². The highest BCUT2D eigenvalue weighted by Crippen LogP contribution is 2.44. The molecule has 1 aliphatic rings. The van der Waals surface area contributed by atoms with Crippen LogP contribution in [-0.4, -0.2) is 6.10 Å². The number of fused-ring (bicyclic) bond motifs is 1. The third-order valence-electron chi connectivity index (χ3n) is 3.48. The van der Waals surface area contributed by atoms with Gasteiger partial charge in [-0.25, -0.2) is 4.39 Å². The molecule has 5 heteroatoms. The smallest absolute Gasteiger partial charge is 0.417 e. The van der Waals surface area contributed by atoms with Crippen LogP contribution in [0.4, 0.5) is 17.6 Å². The van der Waals surface area contributed by atoms with Crippen molar-refractivity contribution in [3.63, 3.8) is 0 Å². The fourth-order valence-electron chi connectivity index (χ4n) is 2.66. The van der Waals surface area contributed by atoms with Gasteiger partial charge >= 0.3 is 6.18 Å². The molecule has 1 heterocycles. The summed E-state index contributed by atoms with van der Waals surface area (Å²) >= 11 is 0.